The van der Waals surface area contributed by atoms with E-state index in [4.69, 9.17) is 0 Å². The summed E-state index contributed by atoms with van der Waals surface area (Å²) < 4.78 is 0. The molecule has 0 amide bonds. The minimum absolute atomic E-state index is 0.273. The fourth-order valence-electron chi connectivity index (χ4n) is 2.36. The van der Waals surface area contributed by atoms with Crippen molar-refractivity contribution >= 4 is 5.97 Å². The number of aliphatic carboxylic acids is 1. The Morgan fingerprint density at radius 2 is 1.85 bits per heavy atom. The maximum atomic E-state index is 11.4. The van der Waals surface area contributed by atoms with E-state index in [0.717, 1.165) is 24.8 Å². The lowest BCUT2D eigenvalue weighted by atomic mass is 9.96. The fraction of sp³-hybridized carbons (Fsp3) is 0.588. The van der Waals surface area contributed by atoms with Gasteiger partial charge in [-0.3, -0.25) is 4.79 Å². The maximum Gasteiger partial charge on any atom is 0.321 e. The zero-order valence-electron chi connectivity index (χ0n) is 12.8. The molecule has 1 aromatic rings. The molecule has 0 fully saturated rings. The Labute approximate surface area is 122 Å². The lowest BCUT2D eigenvalue weighted by Gasteiger charge is -2.24. The molecule has 0 aliphatic heterocycles. The number of nitrogens with one attached hydrogen (secondary N) is 1. The van der Waals surface area contributed by atoms with Gasteiger partial charge in [0.25, 0.3) is 0 Å². The first-order chi connectivity index (χ1) is 9.56. The molecule has 1 rings (SSSR count). The van der Waals surface area contributed by atoms with Crippen LogP contribution in [-0.2, 0) is 11.2 Å². The van der Waals surface area contributed by atoms with Gasteiger partial charge in [-0.05, 0) is 30.7 Å². The molecule has 0 aliphatic rings. The zero-order valence-corrected chi connectivity index (χ0v) is 12.8. The average Bonchev–Trinajstić information content (AvgIpc) is 2.46. The third-order valence-electron chi connectivity index (χ3n) is 3.89. The normalized spacial score (nSPS) is 15.6. The van der Waals surface area contributed by atoms with E-state index in [1.807, 2.05) is 30.3 Å². The molecule has 2 N–H and O–H groups in total. The number of rotatable bonds is 9. The molecular weight excluding hydrogens is 250 g/mol. The number of carboxylic acid groups (broad SMARTS) is 1. The van der Waals surface area contributed by atoms with Crippen LogP contribution in [0.25, 0.3) is 0 Å². The third kappa shape index (κ3) is 5.74. The van der Waals surface area contributed by atoms with Crippen molar-refractivity contribution in [2.45, 2.75) is 58.5 Å². The molecule has 1 aromatic carbocycles. The van der Waals surface area contributed by atoms with Crippen LogP contribution in [0.4, 0.5) is 0 Å². The standard InChI is InChI=1S/C17H27NO2/c1-4-13(3)11-15(5-2)18-16(17(19)20)12-14-9-7-6-8-10-14/h6-10,13,15-16,18H,4-5,11-12H2,1-3H3,(H,19,20)/t13?,15?,16-/m0/s1. The van der Waals surface area contributed by atoms with Crippen molar-refractivity contribution in [2.75, 3.05) is 0 Å². The molecule has 0 aromatic heterocycles. The minimum atomic E-state index is -0.767. The van der Waals surface area contributed by atoms with E-state index >= 15 is 0 Å². The number of hydrogen-bond acceptors (Lipinski definition) is 2. The Balaban J connectivity index is 2.64. The topological polar surface area (TPSA) is 49.3 Å². The van der Waals surface area contributed by atoms with Crippen LogP contribution < -0.4 is 5.32 Å². The summed E-state index contributed by atoms with van der Waals surface area (Å²) >= 11 is 0. The van der Waals surface area contributed by atoms with E-state index < -0.39 is 12.0 Å². The van der Waals surface area contributed by atoms with E-state index in [-0.39, 0.29) is 6.04 Å². The Morgan fingerprint density at radius 3 is 2.35 bits per heavy atom. The zero-order chi connectivity index (χ0) is 15.0. The summed E-state index contributed by atoms with van der Waals surface area (Å²) in [6.45, 7) is 6.51. The van der Waals surface area contributed by atoms with Gasteiger partial charge in [-0.1, -0.05) is 57.5 Å². The van der Waals surface area contributed by atoms with Crippen molar-refractivity contribution in [1.82, 2.24) is 5.32 Å². The Hall–Kier alpha value is -1.35. The lowest BCUT2D eigenvalue weighted by Crippen LogP contribution is -2.45. The molecule has 0 heterocycles. The Bertz CT molecular complexity index is 391. The third-order valence-corrected chi connectivity index (χ3v) is 3.89. The van der Waals surface area contributed by atoms with Crippen LogP contribution in [0, 0.1) is 5.92 Å². The summed E-state index contributed by atoms with van der Waals surface area (Å²) in [4.78, 5) is 11.4. The highest BCUT2D eigenvalue weighted by atomic mass is 16.4. The molecule has 2 unspecified atom stereocenters. The number of hydrogen-bond donors (Lipinski definition) is 2. The first-order valence-electron chi connectivity index (χ1n) is 7.59. The van der Waals surface area contributed by atoms with E-state index in [0.29, 0.717) is 12.3 Å². The summed E-state index contributed by atoms with van der Waals surface area (Å²) in [5, 5.41) is 12.7. The van der Waals surface area contributed by atoms with Crippen molar-refractivity contribution in [3.05, 3.63) is 35.9 Å². The second kappa shape index (κ2) is 8.75. The molecule has 3 atom stereocenters. The summed E-state index contributed by atoms with van der Waals surface area (Å²) in [6.07, 6.45) is 3.66. The van der Waals surface area contributed by atoms with Gasteiger partial charge >= 0.3 is 5.97 Å². The summed E-state index contributed by atoms with van der Waals surface area (Å²) in [7, 11) is 0. The quantitative estimate of drug-likeness (QED) is 0.726. The highest BCUT2D eigenvalue weighted by Crippen LogP contribution is 2.13. The molecule has 20 heavy (non-hydrogen) atoms. The fourth-order valence-corrected chi connectivity index (χ4v) is 2.36. The maximum absolute atomic E-state index is 11.4. The van der Waals surface area contributed by atoms with Crippen LogP contribution in [0.3, 0.4) is 0 Å². The summed E-state index contributed by atoms with van der Waals surface area (Å²) in [5.41, 5.74) is 1.06. The van der Waals surface area contributed by atoms with Crippen LogP contribution in [0.15, 0.2) is 30.3 Å². The Morgan fingerprint density at radius 1 is 1.20 bits per heavy atom. The van der Waals surface area contributed by atoms with Crippen LogP contribution in [-0.4, -0.2) is 23.2 Å². The van der Waals surface area contributed by atoms with Crippen molar-refractivity contribution in [2.24, 2.45) is 5.92 Å². The predicted molar refractivity (Wildman–Crippen MR) is 82.9 cm³/mol. The average molecular weight is 277 g/mol. The van der Waals surface area contributed by atoms with Crippen LogP contribution >= 0.6 is 0 Å². The van der Waals surface area contributed by atoms with Gasteiger partial charge in [0.05, 0.1) is 0 Å². The summed E-state index contributed by atoms with van der Waals surface area (Å²) in [6, 6.07) is 9.57. The van der Waals surface area contributed by atoms with E-state index in [2.05, 4.69) is 26.1 Å². The van der Waals surface area contributed by atoms with Crippen LogP contribution in [0.5, 0.6) is 0 Å². The second-order valence-electron chi connectivity index (χ2n) is 5.60. The minimum Gasteiger partial charge on any atom is -0.480 e. The molecule has 112 valence electrons. The van der Waals surface area contributed by atoms with Crippen LogP contribution in [0.2, 0.25) is 0 Å². The SMILES string of the molecule is CCC(C)CC(CC)N[C@@H](Cc1ccccc1)C(=O)O. The van der Waals surface area contributed by atoms with Gasteiger partial charge in [0.15, 0.2) is 0 Å². The Kier molecular flexibility index (Phi) is 7.31. The highest BCUT2D eigenvalue weighted by Gasteiger charge is 2.21. The van der Waals surface area contributed by atoms with Gasteiger partial charge in [0, 0.05) is 6.04 Å². The monoisotopic (exact) mass is 277 g/mol. The van der Waals surface area contributed by atoms with E-state index in [1.165, 1.54) is 0 Å². The van der Waals surface area contributed by atoms with Crippen molar-refractivity contribution in [3.8, 4) is 0 Å². The largest absolute Gasteiger partial charge is 0.480 e. The van der Waals surface area contributed by atoms with Crippen LogP contribution in [0.1, 0.15) is 45.6 Å². The van der Waals surface area contributed by atoms with Gasteiger partial charge in [0.2, 0.25) is 0 Å². The van der Waals surface area contributed by atoms with Crippen molar-refractivity contribution in [3.63, 3.8) is 0 Å². The molecule has 0 spiro atoms. The van der Waals surface area contributed by atoms with Gasteiger partial charge < -0.3 is 10.4 Å². The summed E-state index contributed by atoms with van der Waals surface area (Å²) in [5.74, 6) is -0.143. The van der Waals surface area contributed by atoms with Gasteiger partial charge in [0.1, 0.15) is 6.04 Å². The van der Waals surface area contributed by atoms with Gasteiger partial charge in [-0.25, -0.2) is 0 Å². The molecule has 0 radical (unpaired) electrons. The van der Waals surface area contributed by atoms with Gasteiger partial charge in [-0.2, -0.15) is 0 Å². The van der Waals surface area contributed by atoms with Crippen molar-refractivity contribution in [1.29, 1.82) is 0 Å². The first-order valence-corrected chi connectivity index (χ1v) is 7.59. The van der Waals surface area contributed by atoms with E-state index in [9.17, 15) is 9.90 Å². The van der Waals surface area contributed by atoms with Crippen molar-refractivity contribution < 1.29 is 9.90 Å². The molecule has 0 bridgehead atoms. The number of carboxylic acids is 1. The molecule has 0 saturated carbocycles. The highest BCUT2D eigenvalue weighted by molar-refractivity contribution is 5.74. The smallest absolute Gasteiger partial charge is 0.321 e. The number of benzene rings is 1. The van der Waals surface area contributed by atoms with E-state index in [1.54, 1.807) is 0 Å². The van der Waals surface area contributed by atoms with Gasteiger partial charge in [-0.15, -0.1) is 0 Å². The molecule has 0 aliphatic carbocycles. The molecular formula is C17H27NO2. The lowest BCUT2D eigenvalue weighted by molar-refractivity contribution is -0.139. The predicted octanol–water partition coefficient (Wildman–Crippen LogP) is 3.49. The molecule has 3 heteroatoms. The second-order valence-corrected chi connectivity index (χ2v) is 5.60. The first kappa shape index (κ1) is 16.7. The number of carbonyl (C=O) groups is 1. The molecule has 0 saturated heterocycles. The molecule has 3 nitrogen and oxygen atoms in total.